The number of benzene rings is 1. The molecule has 1 N–H and O–H groups in total. The molecule has 1 aromatic heterocycles. The van der Waals surface area contributed by atoms with Gasteiger partial charge in [-0.05, 0) is 49.2 Å². The Morgan fingerprint density at radius 1 is 1.13 bits per heavy atom. The molecule has 23 heavy (non-hydrogen) atoms. The first-order valence-corrected chi connectivity index (χ1v) is 7.81. The van der Waals surface area contributed by atoms with Crippen LogP contribution in [-0.2, 0) is 4.74 Å². The van der Waals surface area contributed by atoms with Gasteiger partial charge in [0.15, 0.2) is 0 Å². The third-order valence-corrected chi connectivity index (χ3v) is 4.11. The van der Waals surface area contributed by atoms with E-state index >= 15 is 0 Å². The van der Waals surface area contributed by atoms with Crippen LogP contribution in [0.15, 0.2) is 36.5 Å². The summed E-state index contributed by atoms with van der Waals surface area (Å²) >= 11 is 0. The Balaban J connectivity index is 1.67. The number of anilines is 2. The molecule has 5 heteroatoms. The Hall–Kier alpha value is -2.40. The van der Waals surface area contributed by atoms with Gasteiger partial charge < -0.3 is 15.0 Å². The Morgan fingerprint density at radius 2 is 1.91 bits per heavy atom. The van der Waals surface area contributed by atoms with E-state index < -0.39 is 0 Å². The topological polar surface area (TPSA) is 54.5 Å². The SMILES string of the molecule is Cc1ccc(C(=O)Nc2ccc(N3CCOCC3)nc2)cc1C. The minimum atomic E-state index is -0.117. The Labute approximate surface area is 136 Å². The number of aryl methyl sites for hydroxylation is 2. The van der Waals surface area contributed by atoms with Gasteiger partial charge in [-0.3, -0.25) is 4.79 Å². The van der Waals surface area contributed by atoms with Crippen LogP contribution in [0.5, 0.6) is 0 Å². The maximum absolute atomic E-state index is 12.3. The number of ether oxygens (including phenoxy) is 1. The summed E-state index contributed by atoms with van der Waals surface area (Å²) in [5.74, 6) is 0.798. The van der Waals surface area contributed by atoms with Crippen molar-refractivity contribution in [2.24, 2.45) is 0 Å². The van der Waals surface area contributed by atoms with Gasteiger partial charge in [-0.25, -0.2) is 4.98 Å². The molecule has 3 rings (SSSR count). The molecule has 120 valence electrons. The van der Waals surface area contributed by atoms with Gasteiger partial charge in [-0.2, -0.15) is 0 Å². The van der Waals surface area contributed by atoms with Gasteiger partial charge in [0, 0.05) is 18.7 Å². The quantitative estimate of drug-likeness (QED) is 0.947. The first-order chi connectivity index (χ1) is 11.1. The van der Waals surface area contributed by atoms with Crippen LogP contribution in [0.1, 0.15) is 21.5 Å². The highest BCUT2D eigenvalue weighted by atomic mass is 16.5. The highest BCUT2D eigenvalue weighted by Crippen LogP contribution is 2.17. The van der Waals surface area contributed by atoms with Crippen molar-refractivity contribution in [3.8, 4) is 0 Å². The first kappa shape index (κ1) is 15.5. The van der Waals surface area contributed by atoms with Crippen molar-refractivity contribution in [3.05, 3.63) is 53.2 Å². The molecule has 1 aliphatic rings. The van der Waals surface area contributed by atoms with E-state index in [-0.39, 0.29) is 5.91 Å². The molecule has 2 aromatic rings. The van der Waals surface area contributed by atoms with Crippen LogP contribution in [0.4, 0.5) is 11.5 Å². The number of nitrogens with one attached hydrogen (secondary N) is 1. The number of aromatic nitrogens is 1. The minimum absolute atomic E-state index is 0.117. The van der Waals surface area contributed by atoms with Crippen LogP contribution in [0.2, 0.25) is 0 Å². The molecule has 1 fully saturated rings. The lowest BCUT2D eigenvalue weighted by Crippen LogP contribution is -2.36. The predicted molar refractivity (Wildman–Crippen MR) is 91.1 cm³/mol. The van der Waals surface area contributed by atoms with E-state index in [2.05, 4.69) is 15.2 Å². The van der Waals surface area contributed by atoms with Crippen LogP contribution in [0.25, 0.3) is 0 Å². The van der Waals surface area contributed by atoms with Gasteiger partial charge in [0.2, 0.25) is 0 Å². The second kappa shape index (κ2) is 6.79. The van der Waals surface area contributed by atoms with E-state index in [1.807, 2.05) is 44.2 Å². The molecule has 1 saturated heterocycles. The fourth-order valence-corrected chi connectivity index (χ4v) is 2.53. The fourth-order valence-electron chi connectivity index (χ4n) is 2.53. The summed E-state index contributed by atoms with van der Waals surface area (Å²) in [6.07, 6.45) is 1.70. The molecule has 1 aliphatic heterocycles. The molecule has 0 atom stereocenters. The summed E-state index contributed by atoms with van der Waals surface area (Å²) in [5.41, 5.74) is 3.65. The maximum atomic E-state index is 12.3. The number of morpholine rings is 1. The van der Waals surface area contributed by atoms with E-state index in [0.29, 0.717) is 11.3 Å². The van der Waals surface area contributed by atoms with Crippen LogP contribution in [0.3, 0.4) is 0 Å². The van der Waals surface area contributed by atoms with Gasteiger partial charge >= 0.3 is 0 Å². The van der Waals surface area contributed by atoms with Crippen molar-refractivity contribution < 1.29 is 9.53 Å². The fraction of sp³-hybridized carbons (Fsp3) is 0.333. The molecule has 0 radical (unpaired) electrons. The summed E-state index contributed by atoms with van der Waals surface area (Å²) in [5, 5.41) is 2.89. The zero-order valence-corrected chi connectivity index (χ0v) is 13.5. The van der Waals surface area contributed by atoms with E-state index in [0.717, 1.165) is 37.7 Å². The van der Waals surface area contributed by atoms with Crippen LogP contribution < -0.4 is 10.2 Å². The van der Waals surface area contributed by atoms with Crippen molar-refractivity contribution in [3.63, 3.8) is 0 Å². The van der Waals surface area contributed by atoms with Gasteiger partial charge in [-0.15, -0.1) is 0 Å². The lowest BCUT2D eigenvalue weighted by atomic mass is 10.1. The van der Waals surface area contributed by atoms with Crippen molar-refractivity contribution in [1.29, 1.82) is 0 Å². The normalized spacial score (nSPS) is 14.6. The Kier molecular flexibility index (Phi) is 4.57. The molecular formula is C18H21N3O2. The van der Waals surface area contributed by atoms with Crippen LogP contribution in [-0.4, -0.2) is 37.2 Å². The van der Waals surface area contributed by atoms with E-state index in [1.165, 1.54) is 5.56 Å². The molecule has 1 aromatic carbocycles. The molecule has 0 spiro atoms. The van der Waals surface area contributed by atoms with Gasteiger partial charge in [0.1, 0.15) is 5.82 Å². The second-order valence-electron chi connectivity index (χ2n) is 5.76. The van der Waals surface area contributed by atoms with E-state index in [1.54, 1.807) is 6.20 Å². The third kappa shape index (κ3) is 3.68. The third-order valence-electron chi connectivity index (χ3n) is 4.11. The van der Waals surface area contributed by atoms with Gasteiger partial charge in [0.25, 0.3) is 5.91 Å². The van der Waals surface area contributed by atoms with Crippen molar-refractivity contribution in [2.75, 3.05) is 36.5 Å². The number of hydrogen-bond acceptors (Lipinski definition) is 4. The zero-order chi connectivity index (χ0) is 16.2. The lowest BCUT2D eigenvalue weighted by Gasteiger charge is -2.27. The summed E-state index contributed by atoms with van der Waals surface area (Å²) in [7, 11) is 0. The minimum Gasteiger partial charge on any atom is -0.378 e. The van der Waals surface area contributed by atoms with Gasteiger partial charge in [-0.1, -0.05) is 6.07 Å². The summed E-state index contributed by atoms with van der Waals surface area (Å²) in [4.78, 5) is 18.9. The first-order valence-electron chi connectivity index (χ1n) is 7.81. The number of nitrogens with zero attached hydrogens (tertiary/aromatic N) is 2. The molecule has 2 heterocycles. The predicted octanol–water partition coefficient (Wildman–Crippen LogP) is 2.79. The number of carbonyl (C=O) groups excluding carboxylic acids is 1. The smallest absolute Gasteiger partial charge is 0.255 e. The number of pyridine rings is 1. The highest BCUT2D eigenvalue weighted by Gasteiger charge is 2.12. The van der Waals surface area contributed by atoms with Crippen LogP contribution in [0, 0.1) is 13.8 Å². The molecule has 5 nitrogen and oxygen atoms in total. The van der Waals surface area contributed by atoms with Crippen molar-refractivity contribution in [2.45, 2.75) is 13.8 Å². The van der Waals surface area contributed by atoms with Crippen molar-refractivity contribution in [1.82, 2.24) is 4.98 Å². The maximum Gasteiger partial charge on any atom is 0.255 e. The second-order valence-corrected chi connectivity index (χ2v) is 5.76. The Bertz CT molecular complexity index is 692. The summed E-state index contributed by atoms with van der Waals surface area (Å²) in [6.45, 7) is 7.19. The van der Waals surface area contributed by atoms with Crippen molar-refractivity contribution >= 4 is 17.4 Å². The van der Waals surface area contributed by atoms with E-state index in [4.69, 9.17) is 4.74 Å². The largest absolute Gasteiger partial charge is 0.378 e. The average molecular weight is 311 g/mol. The molecule has 0 aliphatic carbocycles. The van der Waals surface area contributed by atoms with Crippen LogP contribution >= 0.6 is 0 Å². The molecular weight excluding hydrogens is 290 g/mol. The summed E-state index contributed by atoms with van der Waals surface area (Å²) in [6, 6.07) is 9.52. The monoisotopic (exact) mass is 311 g/mol. The van der Waals surface area contributed by atoms with E-state index in [9.17, 15) is 4.79 Å². The molecule has 0 saturated carbocycles. The standard InChI is InChI=1S/C18H21N3O2/c1-13-3-4-15(11-14(13)2)18(22)20-16-5-6-17(19-12-16)21-7-9-23-10-8-21/h3-6,11-12H,7-10H2,1-2H3,(H,20,22). The molecule has 1 amide bonds. The lowest BCUT2D eigenvalue weighted by molar-refractivity contribution is 0.102. The zero-order valence-electron chi connectivity index (χ0n) is 13.5. The number of carbonyl (C=O) groups is 1. The Morgan fingerprint density at radius 3 is 2.57 bits per heavy atom. The number of rotatable bonds is 3. The average Bonchev–Trinajstić information content (AvgIpc) is 2.59. The molecule has 0 unspecified atom stereocenters. The number of hydrogen-bond donors (Lipinski definition) is 1. The molecule has 0 bridgehead atoms. The van der Waals surface area contributed by atoms with Gasteiger partial charge in [0.05, 0.1) is 25.1 Å². The highest BCUT2D eigenvalue weighted by molar-refractivity contribution is 6.04. The summed E-state index contributed by atoms with van der Waals surface area (Å²) < 4.78 is 5.34. The number of amides is 1.